The van der Waals surface area contributed by atoms with Crippen LogP contribution in [-0.4, -0.2) is 0 Å². The van der Waals surface area contributed by atoms with Gasteiger partial charge in [-0.2, -0.15) is 0 Å². The molecule has 3 atom stereocenters. The van der Waals surface area contributed by atoms with E-state index in [1.54, 1.807) is 11.1 Å². The van der Waals surface area contributed by atoms with E-state index in [4.69, 9.17) is 0 Å². The molecule has 0 radical (unpaired) electrons. The summed E-state index contributed by atoms with van der Waals surface area (Å²) < 4.78 is 0. The van der Waals surface area contributed by atoms with E-state index in [-0.39, 0.29) is 0 Å². The number of allylic oxidation sites excluding steroid dienone is 4. The summed E-state index contributed by atoms with van der Waals surface area (Å²) in [6, 6.07) is 0. The molecule has 0 heterocycles. The van der Waals surface area contributed by atoms with Gasteiger partial charge >= 0.3 is 0 Å². The predicted octanol–water partition coefficient (Wildman–Crippen LogP) is 5.65. The van der Waals surface area contributed by atoms with E-state index < -0.39 is 0 Å². The van der Waals surface area contributed by atoms with E-state index in [1.807, 2.05) is 5.57 Å². The lowest BCUT2D eigenvalue weighted by Gasteiger charge is -2.51. The molecule has 3 unspecified atom stereocenters. The molecule has 1 fully saturated rings. The van der Waals surface area contributed by atoms with Crippen LogP contribution in [0.3, 0.4) is 0 Å². The lowest BCUT2D eigenvalue weighted by Crippen LogP contribution is -2.38. The van der Waals surface area contributed by atoms with Crippen molar-refractivity contribution in [1.29, 1.82) is 0 Å². The second-order valence-electron chi connectivity index (χ2n) is 7.40. The van der Waals surface area contributed by atoms with Gasteiger partial charge in [-0.3, -0.25) is 0 Å². The quantitative estimate of drug-likeness (QED) is 0.602. The van der Waals surface area contributed by atoms with E-state index in [2.05, 4.69) is 40.7 Å². The molecule has 0 aromatic rings. The third-order valence-corrected chi connectivity index (χ3v) is 6.73. The van der Waals surface area contributed by atoms with Crippen LogP contribution in [0.5, 0.6) is 0 Å². The van der Waals surface area contributed by atoms with Gasteiger partial charge in [0.05, 0.1) is 0 Å². The summed E-state index contributed by atoms with van der Waals surface area (Å²) in [7, 11) is 0. The molecular formula is C18H28. The fourth-order valence-corrected chi connectivity index (χ4v) is 4.83. The highest BCUT2D eigenvalue weighted by molar-refractivity contribution is 5.56. The molecule has 0 saturated heterocycles. The van der Waals surface area contributed by atoms with E-state index >= 15 is 0 Å². The first-order chi connectivity index (χ1) is 8.46. The van der Waals surface area contributed by atoms with Crippen LogP contribution in [0.25, 0.3) is 0 Å². The predicted molar refractivity (Wildman–Crippen MR) is 78.5 cm³/mol. The van der Waals surface area contributed by atoms with Gasteiger partial charge in [0.2, 0.25) is 0 Å². The first-order valence-electron chi connectivity index (χ1n) is 7.90. The summed E-state index contributed by atoms with van der Waals surface area (Å²) in [6.07, 6.45) is 10.6. The Balaban J connectivity index is 2.03. The Morgan fingerprint density at radius 3 is 2.33 bits per heavy atom. The van der Waals surface area contributed by atoms with Crippen LogP contribution in [0.4, 0.5) is 0 Å². The number of hydrogen-bond donors (Lipinski definition) is 0. The summed E-state index contributed by atoms with van der Waals surface area (Å²) in [5.74, 6) is 0. The van der Waals surface area contributed by atoms with Gasteiger partial charge in [0.15, 0.2) is 0 Å². The molecule has 1 spiro atoms. The molecule has 3 aliphatic carbocycles. The first kappa shape index (κ1) is 12.5. The molecule has 18 heavy (non-hydrogen) atoms. The van der Waals surface area contributed by atoms with Crippen molar-refractivity contribution in [3.63, 3.8) is 0 Å². The Hall–Kier alpha value is -0.520. The number of rotatable bonds is 3. The van der Waals surface area contributed by atoms with E-state index in [1.165, 1.54) is 38.5 Å². The molecule has 1 saturated carbocycles. The minimum atomic E-state index is 0.502. The number of hydrogen-bond acceptors (Lipinski definition) is 0. The van der Waals surface area contributed by atoms with Crippen molar-refractivity contribution < 1.29 is 0 Å². The van der Waals surface area contributed by atoms with Gasteiger partial charge < -0.3 is 0 Å². The van der Waals surface area contributed by atoms with Crippen LogP contribution in [0.2, 0.25) is 0 Å². The zero-order valence-corrected chi connectivity index (χ0v) is 12.8. The van der Waals surface area contributed by atoms with Crippen molar-refractivity contribution >= 4 is 0 Å². The van der Waals surface area contributed by atoms with Gasteiger partial charge in [0.25, 0.3) is 0 Å². The fourth-order valence-electron chi connectivity index (χ4n) is 4.83. The van der Waals surface area contributed by atoms with Crippen molar-refractivity contribution in [3.8, 4) is 0 Å². The maximum absolute atomic E-state index is 2.59. The smallest absolute Gasteiger partial charge is 0.00125 e. The molecule has 0 aliphatic heterocycles. The van der Waals surface area contributed by atoms with Gasteiger partial charge in [-0.1, -0.05) is 46.3 Å². The second-order valence-corrected chi connectivity index (χ2v) is 7.40. The first-order valence-corrected chi connectivity index (χ1v) is 7.90. The molecule has 0 heteroatoms. The fraction of sp³-hybridized carbons (Fsp3) is 0.778. The van der Waals surface area contributed by atoms with Crippen LogP contribution in [0, 0.1) is 16.2 Å². The summed E-state index contributed by atoms with van der Waals surface area (Å²) in [6.45, 7) is 12.1. The van der Waals surface area contributed by atoms with Crippen LogP contribution in [-0.2, 0) is 0 Å². The summed E-state index contributed by atoms with van der Waals surface area (Å²) >= 11 is 0. The molecule has 100 valence electrons. The molecule has 0 amide bonds. The zero-order valence-electron chi connectivity index (χ0n) is 12.8. The van der Waals surface area contributed by atoms with Crippen LogP contribution in [0.1, 0.15) is 73.1 Å². The average molecular weight is 244 g/mol. The summed E-state index contributed by atoms with van der Waals surface area (Å²) in [4.78, 5) is 0. The van der Waals surface area contributed by atoms with Crippen LogP contribution < -0.4 is 0 Å². The minimum Gasteiger partial charge on any atom is -0.0801 e. The van der Waals surface area contributed by atoms with Crippen molar-refractivity contribution in [2.75, 3.05) is 0 Å². The minimum absolute atomic E-state index is 0.502. The Labute approximate surface area is 113 Å². The molecule has 3 rings (SSSR count). The highest BCUT2D eigenvalue weighted by Gasteiger charge is 2.68. The molecule has 0 nitrogen and oxygen atoms in total. The van der Waals surface area contributed by atoms with Gasteiger partial charge in [-0.15, -0.1) is 0 Å². The van der Waals surface area contributed by atoms with Gasteiger partial charge in [-0.25, -0.2) is 0 Å². The van der Waals surface area contributed by atoms with Crippen LogP contribution in [0.15, 0.2) is 22.8 Å². The third-order valence-electron chi connectivity index (χ3n) is 6.73. The Bertz CT molecular complexity index is 453. The van der Waals surface area contributed by atoms with E-state index in [0.29, 0.717) is 16.2 Å². The van der Waals surface area contributed by atoms with E-state index in [0.717, 1.165) is 0 Å². The zero-order chi connectivity index (χ0) is 13.2. The Morgan fingerprint density at radius 1 is 1.11 bits per heavy atom. The molecule has 3 aliphatic rings. The van der Waals surface area contributed by atoms with E-state index in [9.17, 15) is 0 Å². The maximum Gasteiger partial charge on any atom is 0.00125 e. The van der Waals surface area contributed by atoms with Crippen molar-refractivity contribution in [1.82, 2.24) is 0 Å². The molecule has 0 bridgehead atoms. The highest BCUT2D eigenvalue weighted by Crippen LogP contribution is 2.78. The van der Waals surface area contributed by atoms with Gasteiger partial charge in [-0.05, 0) is 60.5 Å². The van der Waals surface area contributed by atoms with Gasteiger partial charge in [0, 0.05) is 5.41 Å². The lowest BCUT2D eigenvalue weighted by molar-refractivity contribution is 0.259. The number of fused-ring (bicyclic) bond motifs is 1. The molecule has 0 aromatic carbocycles. The largest absolute Gasteiger partial charge is 0.0801 e. The lowest BCUT2D eigenvalue weighted by atomic mass is 9.53. The second kappa shape index (κ2) is 3.52. The summed E-state index contributed by atoms with van der Waals surface area (Å²) in [5, 5.41) is 0. The average Bonchev–Trinajstić information content (AvgIpc) is 2.96. The van der Waals surface area contributed by atoms with Crippen molar-refractivity contribution in [2.45, 2.75) is 73.1 Å². The van der Waals surface area contributed by atoms with Crippen LogP contribution >= 0.6 is 0 Å². The van der Waals surface area contributed by atoms with Gasteiger partial charge in [0.1, 0.15) is 0 Å². The Kier molecular flexibility index (Phi) is 2.45. The normalized spacial score (nSPS) is 45.7. The monoisotopic (exact) mass is 244 g/mol. The SMILES string of the molecule is CCC1=CCC2(CC2(C)CC)C2=C1C(C)(CC)C2. The standard InChI is InChI=1S/C18H28/c1-6-13-9-10-18(12-17(18,5)8-3)14-11-16(4,7-2)15(13)14/h9H,6-8,10-12H2,1-5H3. The Morgan fingerprint density at radius 2 is 1.83 bits per heavy atom. The van der Waals surface area contributed by atoms with Crippen molar-refractivity contribution in [3.05, 3.63) is 22.8 Å². The highest BCUT2D eigenvalue weighted by atomic mass is 14.7. The van der Waals surface area contributed by atoms with Crippen molar-refractivity contribution in [2.24, 2.45) is 16.2 Å². The molecular weight excluding hydrogens is 216 g/mol. The molecule has 0 N–H and O–H groups in total. The third kappa shape index (κ3) is 1.22. The summed E-state index contributed by atoms with van der Waals surface area (Å²) in [5.41, 5.74) is 7.04. The topological polar surface area (TPSA) is 0 Å². The maximum atomic E-state index is 2.59. The molecule has 0 aromatic heterocycles.